The quantitative estimate of drug-likeness (QED) is 0.216. The largest absolute Gasteiger partial charge is 0.507 e. The molecule has 36 heavy (non-hydrogen) atoms. The number of carbonyl (C=O) groups is 3. The van der Waals surface area contributed by atoms with Crippen LogP contribution in [0.3, 0.4) is 0 Å². The Morgan fingerprint density at radius 3 is 2.50 bits per heavy atom. The van der Waals surface area contributed by atoms with E-state index < -0.39 is 17.7 Å². The van der Waals surface area contributed by atoms with E-state index in [1.807, 2.05) is 24.3 Å². The van der Waals surface area contributed by atoms with Crippen LogP contribution in [0.25, 0.3) is 16.7 Å². The number of ketones is 1. The third-order valence-corrected chi connectivity index (χ3v) is 6.17. The number of aliphatic hydroxyl groups is 1. The van der Waals surface area contributed by atoms with E-state index in [1.165, 1.54) is 11.8 Å². The van der Waals surface area contributed by atoms with Gasteiger partial charge in [0.25, 0.3) is 11.7 Å². The number of Topliss-reactive ketones (excluding diaryl/α,β-unsaturated/α-hetero) is 1. The molecule has 0 saturated carbocycles. The Kier molecular flexibility index (Phi) is 5.77. The molecule has 4 aromatic rings. The zero-order valence-corrected chi connectivity index (χ0v) is 19.6. The zero-order valence-electron chi connectivity index (χ0n) is 19.6. The molecule has 1 saturated heterocycles. The van der Waals surface area contributed by atoms with Crippen molar-refractivity contribution in [1.29, 1.82) is 0 Å². The zero-order chi connectivity index (χ0) is 25.4. The van der Waals surface area contributed by atoms with Crippen LogP contribution in [0.4, 0.5) is 11.4 Å². The van der Waals surface area contributed by atoms with Gasteiger partial charge >= 0.3 is 0 Å². The fourth-order valence-corrected chi connectivity index (χ4v) is 4.55. The monoisotopic (exact) mass is 481 g/mol. The van der Waals surface area contributed by atoms with Gasteiger partial charge in [-0.3, -0.25) is 19.3 Å². The van der Waals surface area contributed by atoms with Gasteiger partial charge in [0.2, 0.25) is 5.91 Å². The SMILES string of the molecule is COc1ccc(C2/C(=C(/O)c3c[nH]c4ccccc34)C(=O)C(=O)N2c2cccc(NC(C)=O)c2)cc1. The lowest BCUT2D eigenvalue weighted by Gasteiger charge is -2.26. The van der Waals surface area contributed by atoms with Crippen molar-refractivity contribution in [3.05, 3.63) is 95.7 Å². The number of amides is 2. The van der Waals surface area contributed by atoms with Gasteiger partial charge in [-0.1, -0.05) is 36.4 Å². The molecule has 8 heteroatoms. The van der Waals surface area contributed by atoms with Crippen molar-refractivity contribution in [3.8, 4) is 5.75 Å². The van der Waals surface area contributed by atoms with Gasteiger partial charge in [-0.15, -0.1) is 0 Å². The molecule has 0 aliphatic carbocycles. The van der Waals surface area contributed by atoms with Crippen molar-refractivity contribution < 1.29 is 24.2 Å². The van der Waals surface area contributed by atoms with E-state index in [4.69, 9.17) is 4.74 Å². The first kappa shape index (κ1) is 22.9. The molecule has 1 aliphatic rings. The Bertz CT molecular complexity index is 1530. The third-order valence-electron chi connectivity index (χ3n) is 6.17. The molecule has 0 bridgehead atoms. The van der Waals surface area contributed by atoms with E-state index in [9.17, 15) is 19.5 Å². The van der Waals surface area contributed by atoms with E-state index >= 15 is 0 Å². The lowest BCUT2D eigenvalue weighted by Crippen LogP contribution is -2.29. The van der Waals surface area contributed by atoms with Gasteiger partial charge in [0.1, 0.15) is 11.5 Å². The molecular weight excluding hydrogens is 458 g/mol. The number of H-pyrrole nitrogens is 1. The third kappa shape index (κ3) is 3.88. The van der Waals surface area contributed by atoms with Gasteiger partial charge in [0, 0.05) is 41.0 Å². The first-order valence-electron chi connectivity index (χ1n) is 11.3. The van der Waals surface area contributed by atoms with Gasteiger partial charge in [0.05, 0.1) is 18.7 Å². The Morgan fingerprint density at radius 1 is 1.03 bits per heavy atom. The average Bonchev–Trinajstić information content (AvgIpc) is 3.42. The van der Waals surface area contributed by atoms with Crippen LogP contribution >= 0.6 is 0 Å². The highest BCUT2D eigenvalue weighted by molar-refractivity contribution is 6.51. The molecule has 3 aromatic carbocycles. The van der Waals surface area contributed by atoms with Crippen LogP contribution in [0.1, 0.15) is 24.1 Å². The van der Waals surface area contributed by atoms with Crippen molar-refractivity contribution in [2.45, 2.75) is 13.0 Å². The highest BCUT2D eigenvalue weighted by atomic mass is 16.5. The summed E-state index contributed by atoms with van der Waals surface area (Å²) in [6.45, 7) is 1.39. The standard InChI is InChI=1S/C28H23N3O5/c1-16(32)30-18-6-5-7-19(14-18)31-25(17-10-12-20(36-2)13-11-17)24(27(34)28(31)35)26(33)22-15-29-23-9-4-3-8-21(22)23/h3-15,25,29,33H,1-2H3,(H,30,32)/b26-24-. The molecule has 0 radical (unpaired) electrons. The van der Waals surface area contributed by atoms with Crippen molar-refractivity contribution in [3.63, 3.8) is 0 Å². The number of hydrogen-bond donors (Lipinski definition) is 3. The van der Waals surface area contributed by atoms with Crippen molar-refractivity contribution in [2.75, 3.05) is 17.3 Å². The van der Waals surface area contributed by atoms with Gasteiger partial charge in [-0.05, 0) is 42.0 Å². The number of nitrogens with one attached hydrogen (secondary N) is 2. The fraction of sp³-hybridized carbons (Fsp3) is 0.107. The molecular formula is C28H23N3O5. The minimum absolute atomic E-state index is 0.0279. The summed E-state index contributed by atoms with van der Waals surface area (Å²) in [7, 11) is 1.55. The molecule has 2 heterocycles. The number of rotatable bonds is 5. The number of aromatic amines is 1. The topological polar surface area (TPSA) is 112 Å². The summed E-state index contributed by atoms with van der Waals surface area (Å²) in [6, 6.07) is 20.1. The molecule has 1 unspecified atom stereocenters. The maximum atomic E-state index is 13.4. The molecule has 0 spiro atoms. The number of anilines is 2. The van der Waals surface area contributed by atoms with Crippen molar-refractivity contribution in [1.82, 2.24) is 4.98 Å². The van der Waals surface area contributed by atoms with Crippen LogP contribution in [-0.4, -0.2) is 34.8 Å². The second-order valence-corrected chi connectivity index (χ2v) is 8.42. The van der Waals surface area contributed by atoms with E-state index in [2.05, 4.69) is 10.3 Å². The smallest absolute Gasteiger partial charge is 0.300 e. The predicted molar refractivity (Wildman–Crippen MR) is 137 cm³/mol. The second kappa shape index (κ2) is 9.07. The van der Waals surface area contributed by atoms with E-state index in [-0.39, 0.29) is 17.2 Å². The number of para-hydroxylation sites is 1. The van der Waals surface area contributed by atoms with Crippen molar-refractivity contribution >= 4 is 45.6 Å². The van der Waals surface area contributed by atoms with Crippen LogP contribution in [0, 0.1) is 0 Å². The molecule has 2 amide bonds. The van der Waals surface area contributed by atoms with Crippen LogP contribution in [-0.2, 0) is 14.4 Å². The predicted octanol–water partition coefficient (Wildman–Crippen LogP) is 4.76. The lowest BCUT2D eigenvalue weighted by molar-refractivity contribution is -0.132. The van der Waals surface area contributed by atoms with Crippen LogP contribution in [0.2, 0.25) is 0 Å². The lowest BCUT2D eigenvalue weighted by atomic mass is 9.95. The van der Waals surface area contributed by atoms with E-state index in [1.54, 1.807) is 61.8 Å². The molecule has 1 fully saturated rings. The van der Waals surface area contributed by atoms with Crippen LogP contribution in [0.5, 0.6) is 5.75 Å². The highest BCUT2D eigenvalue weighted by Crippen LogP contribution is 2.43. The van der Waals surface area contributed by atoms with E-state index in [0.29, 0.717) is 28.3 Å². The number of aliphatic hydroxyl groups excluding tert-OH is 1. The number of hydrogen-bond acceptors (Lipinski definition) is 5. The summed E-state index contributed by atoms with van der Waals surface area (Å²) < 4.78 is 5.27. The summed E-state index contributed by atoms with van der Waals surface area (Å²) in [6.07, 6.45) is 1.62. The first-order valence-corrected chi connectivity index (χ1v) is 11.3. The maximum absolute atomic E-state index is 13.4. The molecule has 1 atom stereocenters. The minimum atomic E-state index is -0.905. The Balaban J connectivity index is 1.72. The number of benzene rings is 3. The van der Waals surface area contributed by atoms with Crippen molar-refractivity contribution in [2.24, 2.45) is 0 Å². The van der Waals surface area contributed by atoms with Crippen LogP contribution < -0.4 is 15.0 Å². The van der Waals surface area contributed by atoms with Gasteiger partial charge in [0.15, 0.2) is 0 Å². The maximum Gasteiger partial charge on any atom is 0.300 e. The second-order valence-electron chi connectivity index (χ2n) is 8.42. The molecule has 180 valence electrons. The Morgan fingerprint density at radius 2 is 1.78 bits per heavy atom. The molecule has 1 aromatic heterocycles. The number of aromatic nitrogens is 1. The average molecular weight is 482 g/mol. The summed E-state index contributed by atoms with van der Waals surface area (Å²) >= 11 is 0. The number of fused-ring (bicyclic) bond motifs is 1. The summed E-state index contributed by atoms with van der Waals surface area (Å²) in [5, 5.41) is 14.9. The summed E-state index contributed by atoms with van der Waals surface area (Å²) in [4.78, 5) is 42.8. The van der Waals surface area contributed by atoms with Gasteiger partial charge < -0.3 is 20.1 Å². The molecule has 3 N–H and O–H groups in total. The number of ether oxygens (including phenoxy) is 1. The molecule has 5 rings (SSSR count). The summed E-state index contributed by atoms with van der Waals surface area (Å²) in [5.41, 5.74) is 2.68. The fourth-order valence-electron chi connectivity index (χ4n) is 4.55. The van der Waals surface area contributed by atoms with Crippen LogP contribution in [0.15, 0.2) is 84.6 Å². The minimum Gasteiger partial charge on any atom is -0.507 e. The number of carbonyl (C=O) groups excluding carboxylic acids is 3. The normalized spacial score (nSPS) is 16.9. The molecule has 1 aliphatic heterocycles. The summed E-state index contributed by atoms with van der Waals surface area (Å²) in [5.74, 6) is -1.51. The van der Waals surface area contributed by atoms with Gasteiger partial charge in [-0.2, -0.15) is 0 Å². The van der Waals surface area contributed by atoms with Gasteiger partial charge in [-0.25, -0.2) is 0 Å². The Labute approximate surface area is 206 Å². The first-order chi connectivity index (χ1) is 17.4. The van der Waals surface area contributed by atoms with E-state index in [0.717, 1.165) is 10.9 Å². The number of methoxy groups -OCH3 is 1. The highest BCUT2D eigenvalue weighted by Gasteiger charge is 2.47. The number of nitrogens with zero attached hydrogens (tertiary/aromatic N) is 1. The Hall–Kier alpha value is -4.85. The molecule has 8 nitrogen and oxygen atoms in total.